The van der Waals surface area contributed by atoms with E-state index in [-0.39, 0.29) is 6.03 Å². The number of halogens is 1. The van der Waals surface area contributed by atoms with Gasteiger partial charge in [-0.3, -0.25) is 0 Å². The van der Waals surface area contributed by atoms with E-state index in [1.807, 2.05) is 43.3 Å². The number of carbonyl (C=O) groups is 1. The van der Waals surface area contributed by atoms with Crippen LogP contribution < -0.4 is 20.1 Å². The van der Waals surface area contributed by atoms with Crippen LogP contribution in [0.1, 0.15) is 16.7 Å². The number of nitrogens with one attached hydrogen (secondary N) is 2. The molecule has 0 spiro atoms. The van der Waals surface area contributed by atoms with Crippen LogP contribution in [0, 0.1) is 6.92 Å². The van der Waals surface area contributed by atoms with E-state index in [1.165, 1.54) is 0 Å². The van der Waals surface area contributed by atoms with Crippen molar-refractivity contribution < 1.29 is 14.3 Å². The summed E-state index contributed by atoms with van der Waals surface area (Å²) < 4.78 is 11.1. The van der Waals surface area contributed by atoms with Gasteiger partial charge in [0.05, 0.1) is 5.02 Å². The lowest BCUT2D eigenvalue weighted by atomic mass is 10.1. The molecule has 0 saturated carbocycles. The lowest BCUT2D eigenvalue weighted by molar-refractivity contribution is 0.171. The maximum Gasteiger partial charge on any atom is 0.315 e. The monoisotopic (exact) mass is 360 g/mol. The average Bonchev–Trinajstić information content (AvgIpc) is 2.61. The molecule has 0 aromatic heterocycles. The maximum atomic E-state index is 11.9. The molecule has 0 radical (unpaired) electrons. The fraction of sp³-hybridized carbons (Fsp3) is 0.316. The van der Waals surface area contributed by atoms with Crippen molar-refractivity contribution in [2.45, 2.75) is 19.9 Å². The number of rotatable bonds is 5. The molecule has 6 heteroatoms. The highest BCUT2D eigenvalue weighted by Gasteiger charge is 2.16. The molecule has 1 aliphatic heterocycles. The van der Waals surface area contributed by atoms with Crippen LogP contribution in [0.4, 0.5) is 4.79 Å². The zero-order chi connectivity index (χ0) is 17.6. The van der Waals surface area contributed by atoms with Crippen molar-refractivity contribution in [3.63, 3.8) is 0 Å². The van der Waals surface area contributed by atoms with Gasteiger partial charge in [0, 0.05) is 13.1 Å². The zero-order valence-corrected chi connectivity index (χ0v) is 14.9. The second-order valence-corrected chi connectivity index (χ2v) is 6.29. The first-order valence-electron chi connectivity index (χ1n) is 8.27. The third-order valence-corrected chi connectivity index (χ3v) is 4.34. The molecular formula is C19H21ClN2O3. The summed E-state index contributed by atoms with van der Waals surface area (Å²) in [5, 5.41) is 6.26. The standard InChI is InChI=1S/C19H21ClN2O3/c1-13-4-2-3-5-15(13)12-22-19(23)21-7-6-14-10-16(20)18-17(11-14)24-8-9-25-18/h2-5,10-11H,6-9,12H2,1H3,(H2,21,22,23). The van der Waals surface area contributed by atoms with Gasteiger partial charge >= 0.3 is 6.03 Å². The Morgan fingerprint density at radius 2 is 1.96 bits per heavy atom. The van der Waals surface area contributed by atoms with Crippen molar-refractivity contribution in [1.29, 1.82) is 0 Å². The molecule has 132 valence electrons. The van der Waals surface area contributed by atoms with Crippen LogP contribution in [-0.2, 0) is 13.0 Å². The summed E-state index contributed by atoms with van der Waals surface area (Å²) in [4.78, 5) is 11.9. The molecular weight excluding hydrogens is 340 g/mol. The predicted octanol–water partition coefficient (Wildman–Crippen LogP) is 3.46. The van der Waals surface area contributed by atoms with Crippen LogP contribution in [0.15, 0.2) is 36.4 Å². The maximum absolute atomic E-state index is 11.9. The number of ether oxygens (including phenoxy) is 2. The van der Waals surface area contributed by atoms with Crippen LogP contribution in [-0.4, -0.2) is 25.8 Å². The Kier molecular flexibility index (Phi) is 5.66. The largest absolute Gasteiger partial charge is 0.486 e. The number of amides is 2. The molecule has 2 aromatic carbocycles. The molecule has 1 heterocycles. The van der Waals surface area contributed by atoms with E-state index in [4.69, 9.17) is 21.1 Å². The first kappa shape index (κ1) is 17.4. The van der Waals surface area contributed by atoms with Crippen molar-refractivity contribution in [2.24, 2.45) is 0 Å². The Morgan fingerprint density at radius 3 is 2.80 bits per heavy atom. The van der Waals surface area contributed by atoms with E-state index in [1.54, 1.807) is 0 Å². The molecule has 0 atom stereocenters. The van der Waals surface area contributed by atoms with Crippen molar-refractivity contribution in [3.05, 3.63) is 58.1 Å². The second-order valence-electron chi connectivity index (χ2n) is 5.89. The number of benzene rings is 2. The normalized spacial score (nSPS) is 12.6. The number of hydrogen-bond acceptors (Lipinski definition) is 3. The minimum atomic E-state index is -0.188. The molecule has 3 rings (SSSR count). The number of fused-ring (bicyclic) bond motifs is 1. The molecule has 2 N–H and O–H groups in total. The Balaban J connectivity index is 1.47. The molecule has 5 nitrogen and oxygen atoms in total. The summed E-state index contributed by atoms with van der Waals surface area (Å²) in [5.41, 5.74) is 3.26. The van der Waals surface area contributed by atoms with Gasteiger partial charge in [-0.2, -0.15) is 0 Å². The van der Waals surface area contributed by atoms with Crippen LogP contribution in [0.5, 0.6) is 11.5 Å². The third-order valence-electron chi connectivity index (χ3n) is 4.06. The summed E-state index contributed by atoms with van der Waals surface area (Å²) in [7, 11) is 0. The SMILES string of the molecule is Cc1ccccc1CNC(=O)NCCc1cc(Cl)c2c(c1)OCCO2. The van der Waals surface area contributed by atoms with E-state index in [9.17, 15) is 4.79 Å². The van der Waals surface area contributed by atoms with Gasteiger partial charge in [-0.15, -0.1) is 0 Å². The lowest BCUT2D eigenvalue weighted by Gasteiger charge is -2.20. The highest BCUT2D eigenvalue weighted by molar-refractivity contribution is 6.32. The number of urea groups is 1. The number of aryl methyl sites for hydroxylation is 1. The van der Waals surface area contributed by atoms with Crippen LogP contribution >= 0.6 is 11.6 Å². The van der Waals surface area contributed by atoms with Crippen LogP contribution in [0.2, 0.25) is 5.02 Å². The van der Waals surface area contributed by atoms with Gasteiger partial charge in [-0.1, -0.05) is 35.9 Å². The molecule has 0 fully saturated rings. The minimum Gasteiger partial charge on any atom is -0.486 e. The molecule has 1 aliphatic rings. The minimum absolute atomic E-state index is 0.188. The highest BCUT2D eigenvalue weighted by atomic mass is 35.5. The predicted molar refractivity (Wildman–Crippen MR) is 97.6 cm³/mol. The fourth-order valence-electron chi connectivity index (χ4n) is 2.68. The van der Waals surface area contributed by atoms with Crippen LogP contribution in [0.3, 0.4) is 0 Å². The molecule has 0 unspecified atom stereocenters. The molecule has 0 bridgehead atoms. The molecule has 2 amide bonds. The number of hydrogen-bond donors (Lipinski definition) is 2. The van der Waals surface area contributed by atoms with Gasteiger partial charge in [-0.25, -0.2) is 4.79 Å². The molecule has 0 saturated heterocycles. The second kappa shape index (κ2) is 8.12. The Labute approximate surface area is 152 Å². The van der Waals surface area contributed by atoms with Gasteiger partial charge in [-0.05, 0) is 42.2 Å². The van der Waals surface area contributed by atoms with Crippen molar-refractivity contribution in [2.75, 3.05) is 19.8 Å². The Bertz CT molecular complexity index is 764. The smallest absolute Gasteiger partial charge is 0.315 e. The average molecular weight is 361 g/mol. The van der Waals surface area contributed by atoms with Gasteiger partial charge in [0.2, 0.25) is 0 Å². The van der Waals surface area contributed by atoms with Gasteiger partial charge in [0.1, 0.15) is 13.2 Å². The summed E-state index contributed by atoms with van der Waals surface area (Å²) in [6, 6.07) is 11.6. The first-order valence-corrected chi connectivity index (χ1v) is 8.65. The van der Waals surface area contributed by atoms with E-state index < -0.39 is 0 Å². The van der Waals surface area contributed by atoms with Crippen LogP contribution in [0.25, 0.3) is 0 Å². The zero-order valence-electron chi connectivity index (χ0n) is 14.1. The summed E-state index contributed by atoms with van der Waals surface area (Å²) in [6.07, 6.45) is 0.661. The first-order chi connectivity index (χ1) is 12.1. The summed E-state index contributed by atoms with van der Waals surface area (Å²) >= 11 is 6.22. The highest BCUT2D eigenvalue weighted by Crippen LogP contribution is 2.38. The Morgan fingerprint density at radius 1 is 1.16 bits per heavy atom. The van der Waals surface area contributed by atoms with E-state index in [0.717, 1.165) is 16.7 Å². The van der Waals surface area contributed by atoms with E-state index >= 15 is 0 Å². The summed E-state index contributed by atoms with van der Waals surface area (Å²) in [6.45, 7) is 4.07. The quantitative estimate of drug-likeness (QED) is 0.858. The third kappa shape index (κ3) is 4.57. The molecule has 2 aromatic rings. The summed E-state index contributed by atoms with van der Waals surface area (Å²) in [5.74, 6) is 1.26. The van der Waals surface area contributed by atoms with Crippen molar-refractivity contribution in [1.82, 2.24) is 10.6 Å². The lowest BCUT2D eigenvalue weighted by Crippen LogP contribution is -2.36. The molecule has 0 aliphatic carbocycles. The van der Waals surface area contributed by atoms with E-state index in [2.05, 4.69) is 10.6 Å². The number of carbonyl (C=O) groups excluding carboxylic acids is 1. The van der Waals surface area contributed by atoms with Crippen molar-refractivity contribution in [3.8, 4) is 11.5 Å². The van der Waals surface area contributed by atoms with Crippen molar-refractivity contribution >= 4 is 17.6 Å². The topological polar surface area (TPSA) is 59.6 Å². The van der Waals surface area contributed by atoms with E-state index in [0.29, 0.717) is 49.2 Å². The van der Waals surface area contributed by atoms with Gasteiger partial charge in [0.15, 0.2) is 11.5 Å². The molecule has 25 heavy (non-hydrogen) atoms. The fourth-order valence-corrected chi connectivity index (χ4v) is 2.96. The Hall–Kier alpha value is -2.40. The van der Waals surface area contributed by atoms with Gasteiger partial charge in [0.25, 0.3) is 0 Å². The van der Waals surface area contributed by atoms with Gasteiger partial charge < -0.3 is 20.1 Å².